The van der Waals surface area contributed by atoms with Crippen molar-refractivity contribution in [2.45, 2.75) is 39.0 Å². The van der Waals surface area contributed by atoms with E-state index in [-0.39, 0.29) is 6.03 Å². The van der Waals surface area contributed by atoms with Crippen molar-refractivity contribution in [1.29, 1.82) is 0 Å². The molecule has 2 N–H and O–H groups in total. The topological polar surface area (TPSA) is 69.6 Å². The van der Waals surface area contributed by atoms with E-state index in [1.54, 1.807) is 11.8 Å². The Morgan fingerprint density at radius 2 is 2.32 bits per heavy atom. The number of carbonyl (C=O) groups is 2. The summed E-state index contributed by atoms with van der Waals surface area (Å²) in [5.74, 6) is -0.820. The minimum absolute atomic E-state index is 0.136. The van der Waals surface area contributed by atoms with Crippen LogP contribution in [0.2, 0.25) is 0 Å². The molecule has 106 valence electrons. The first-order valence-corrected chi connectivity index (χ1v) is 6.95. The monoisotopic (exact) mass is 266 g/mol. The second kappa shape index (κ2) is 5.63. The zero-order chi connectivity index (χ0) is 13.9. The lowest BCUT2D eigenvalue weighted by molar-refractivity contribution is -0.146. The van der Waals surface area contributed by atoms with Crippen LogP contribution in [0.4, 0.5) is 4.79 Å². The number of carboxylic acid groups (broad SMARTS) is 1. The molecule has 0 spiro atoms. The highest BCUT2D eigenvalue weighted by atomic mass is 16.4. The summed E-state index contributed by atoms with van der Waals surface area (Å²) in [5.41, 5.74) is 0.641. The van der Waals surface area contributed by atoms with Gasteiger partial charge >= 0.3 is 12.0 Å². The molecule has 0 bridgehead atoms. The Hall–Kier alpha value is -1.52. The van der Waals surface area contributed by atoms with Crippen LogP contribution in [-0.4, -0.2) is 41.6 Å². The Labute approximate surface area is 113 Å². The highest BCUT2D eigenvalue weighted by molar-refractivity contribution is 5.79. The number of hydrogen-bond donors (Lipinski definition) is 2. The second-order valence-electron chi connectivity index (χ2n) is 5.77. The zero-order valence-corrected chi connectivity index (χ0v) is 11.4. The van der Waals surface area contributed by atoms with Crippen LogP contribution in [-0.2, 0) is 4.79 Å². The quantitative estimate of drug-likeness (QED) is 0.765. The Morgan fingerprint density at radius 3 is 2.89 bits per heavy atom. The summed E-state index contributed by atoms with van der Waals surface area (Å²) in [6, 6.07) is -0.136. The number of urea groups is 1. The minimum atomic E-state index is -0.820. The van der Waals surface area contributed by atoms with Gasteiger partial charge in [0.25, 0.3) is 0 Å². The van der Waals surface area contributed by atoms with Crippen LogP contribution in [0.25, 0.3) is 0 Å². The maximum Gasteiger partial charge on any atom is 0.317 e. The summed E-state index contributed by atoms with van der Waals surface area (Å²) in [7, 11) is 0. The van der Waals surface area contributed by atoms with Gasteiger partial charge < -0.3 is 15.3 Å². The fourth-order valence-electron chi connectivity index (χ4n) is 2.72. The molecule has 0 aromatic carbocycles. The van der Waals surface area contributed by atoms with E-state index in [1.165, 1.54) is 12.0 Å². The molecule has 0 radical (unpaired) electrons. The number of amides is 2. The Bertz CT molecular complexity index is 405. The number of hydrogen-bond acceptors (Lipinski definition) is 2. The number of rotatable bonds is 4. The number of nitrogens with one attached hydrogen (secondary N) is 1. The van der Waals surface area contributed by atoms with Gasteiger partial charge in [0, 0.05) is 19.6 Å². The SMILES string of the molecule is CC1(C(=O)O)CCN(C(=O)NCCC2=CCCC2)C1. The molecule has 19 heavy (non-hydrogen) atoms. The summed E-state index contributed by atoms with van der Waals surface area (Å²) < 4.78 is 0. The van der Waals surface area contributed by atoms with Crippen molar-refractivity contribution in [3.8, 4) is 0 Å². The van der Waals surface area contributed by atoms with Gasteiger partial charge in [0.15, 0.2) is 0 Å². The Kier molecular flexibility index (Phi) is 4.12. The molecule has 1 fully saturated rings. The molecule has 2 rings (SSSR count). The lowest BCUT2D eigenvalue weighted by Gasteiger charge is -2.20. The number of carbonyl (C=O) groups excluding carboxylic acids is 1. The zero-order valence-electron chi connectivity index (χ0n) is 11.4. The van der Waals surface area contributed by atoms with Gasteiger partial charge in [-0.25, -0.2) is 4.79 Å². The van der Waals surface area contributed by atoms with E-state index in [1.807, 2.05) is 0 Å². The van der Waals surface area contributed by atoms with Gasteiger partial charge in [0.2, 0.25) is 0 Å². The number of nitrogens with zero attached hydrogens (tertiary/aromatic N) is 1. The second-order valence-corrected chi connectivity index (χ2v) is 5.77. The number of allylic oxidation sites excluding steroid dienone is 1. The highest BCUT2D eigenvalue weighted by Gasteiger charge is 2.42. The standard InChI is InChI=1S/C14H22N2O3/c1-14(12(17)18)7-9-16(10-14)13(19)15-8-6-11-4-2-3-5-11/h4H,2-3,5-10H2,1H3,(H,15,19)(H,17,18). The average Bonchev–Trinajstić information content (AvgIpc) is 2.99. The molecule has 1 heterocycles. The van der Waals surface area contributed by atoms with Crippen molar-refractivity contribution in [3.63, 3.8) is 0 Å². The van der Waals surface area contributed by atoms with Crippen LogP contribution in [0.5, 0.6) is 0 Å². The number of likely N-dealkylation sites (tertiary alicyclic amines) is 1. The predicted octanol–water partition coefficient (Wildman–Crippen LogP) is 1.99. The molecule has 5 heteroatoms. The third-order valence-corrected chi connectivity index (χ3v) is 4.13. The van der Waals surface area contributed by atoms with Crippen LogP contribution in [0, 0.1) is 5.41 Å². The minimum Gasteiger partial charge on any atom is -0.481 e. The molecule has 1 unspecified atom stereocenters. The third kappa shape index (κ3) is 3.28. The number of carboxylic acids is 1. The molecule has 0 aromatic heterocycles. The van der Waals surface area contributed by atoms with Crippen molar-refractivity contribution in [2.24, 2.45) is 5.41 Å². The summed E-state index contributed by atoms with van der Waals surface area (Å²) in [4.78, 5) is 24.7. The largest absolute Gasteiger partial charge is 0.481 e. The maximum atomic E-state index is 11.9. The van der Waals surface area contributed by atoms with E-state index in [4.69, 9.17) is 5.11 Å². The van der Waals surface area contributed by atoms with Crippen molar-refractivity contribution >= 4 is 12.0 Å². The van der Waals surface area contributed by atoms with E-state index < -0.39 is 11.4 Å². The fourth-order valence-corrected chi connectivity index (χ4v) is 2.72. The maximum absolute atomic E-state index is 11.9. The predicted molar refractivity (Wildman–Crippen MR) is 71.9 cm³/mol. The van der Waals surface area contributed by atoms with E-state index in [0.717, 1.165) is 19.3 Å². The van der Waals surface area contributed by atoms with Gasteiger partial charge in [0.1, 0.15) is 0 Å². The molecule has 1 saturated heterocycles. The first kappa shape index (κ1) is 13.9. The summed E-state index contributed by atoms with van der Waals surface area (Å²) >= 11 is 0. The molecule has 2 amide bonds. The van der Waals surface area contributed by atoms with Crippen LogP contribution >= 0.6 is 0 Å². The normalized spacial score (nSPS) is 26.4. The third-order valence-electron chi connectivity index (χ3n) is 4.13. The molecule has 2 aliphatic rings. The van der Waals surface area contributed by atoms with E-state index in [9.17, 15) is 9.59 Å². The van der Waals surface area contributed by atoms with Gasteiger partial charge in [-0.2, -0.15) is 0 Å². The van der Waals surface area contributed by atoms with Gasteiger partial charge in [-0.15, -0.1) is 0 Å². The first-order chi connectivity index (χ1) is 9.01. The fraction of sp³-hybridized carbons (Fsp3) is 0.714. The van der Waals surface area contributed by atoms with Gasteiger partial charge in [0.05, 0.1) is 5.41 Å². The average molecular weight is 266 g/mol. The van der Waals surface area contributed by atoms with Crippen LogP contribution in [0.15, 0.2) is 11.6 Å². The summed E-state index contributed by atoms with van der Waals surface area (Å²) in [6.45, 7) is 3.17. The van der Waals surface area contributed by atoms with Gasteiger partial charge in [-0.1, -0.05) is 11.6 Å². The molecule has 5 nitrogen and oxygen atoms in total. The van der Waals surface area contributed by atoms with E-state index >= 15 is 0 Å². The first-order valence-electron chi connectivity index (χ1n) is 6.95. The van der Waals surface area contributed by atoms with Gasteiger partial charge in [-0.05, 0) is 39.0 Å². The lowest BCUT2D eigenvalue weighted by atomic mass is 9.90. The summed E-state index contributed by atoms with van der Waals surface area (Å²) in [5, 5.41) is 12.0. The van der Waals surface area contributed by atoms with Crippen molar-refractivity contribution in [2.75, 3.05) is 19.6 Å². The molecule has 1 atom stereocenters. The van der Waals surface area contributed by atoms with Crippen LogP contribution in [0.3, 0.4) is 0 Å². The van der Waals surface area contributed by atoms with E-state index in [0.29, 0.717) is 26.1 Å². The van der Waals surface area contributed by atoms with Crippen LogP contribution < -0.4 is 5.32 Å². The van der Waals surface area contributed by atoms with Crippen molar-refractivity contribution in [1.82, 2.24) is 10.2 Å². The van der Waals surface area contributed by atoms with Crippen molar-refractivity contribution in [3.05, 3.63) is 11.6 Å². The molecule has 0 aromatic rings. The Balaban J connectivity index is 1.73. The Morgan fingerprint density at radius 1 is 1.53 bits per heavy atom. The lowest BCUT2D eigenvalue weighted by Crippen LogP contribution is -2.41. The highest BCUT2D eigenvalue weighted by Crippen LogP contribution is 2.30. The molecule has 1 aliphatic heterocycles. The molecule has 0 saturated carbocycles. The summed E-state index contributed by atoms with van der Waals surface area (Å²) in [6.07, 6.45) is 7.23. The van der Waals surface area contributed by atoms with Crippen molar-refractivity contribution < 1.29 is 14.7 Å². The molecular formula is C14H22N2O3. The smallest absolute Gasteiger partial charge is 0.317 e. The molecule has 1 aliphatic carbocycles. The van der Waals surface area contributed by atoms with Crippen LogP contribution in [0.1, 0.15) is 39.0 Å². The molecular weight excluding hydrogens is 244 g/mol. The van der Waals surface area contributed by atoms with Gasteiger partial charge in [-0.3, -0.25) is 4.79 Å². The number of aliphatic carboxylic acids is 1. The van der Waals surface area contributed by atoms with E-state index in [2.05, 4.69) is 11.4 Å².